The summed E-state index contributed by atoms with van der Waals surface area (Å²) in [5.41, 5.74) is 0.960. The summed E-state index contributed by atoms with van der Waals surface area (Å²) in [4.78, 5) is 0.0989. The van der Waals surface area contributed by atoms with Crippen molar-refractivity contribution < 1.29 is 21.0 Å². The maximum atomic E-state index is 12.0. The normalized spacial score (nSPS) is 22.6. The first-order chi connectivity index (χ1) is 9.28. The van der Waals surface area contributed by atoms with Crippen LogP contribution in [0.15, 0.2) is 29.2 Å². The number of sulfone groups is 1. The van der Waals surface area contributed by atoms with Crippen molar-refractivity contribution in [1.82, 2.24) is 0 Å². The van der Waals surface area contributed by atoms with E-state index in [1.807, 2.05) is 6.92 Å². The fourth-order valence-corrected chi connectivity index (χ4v) is 4.94. The van der Waals surface area contributed by atoms with E-state index in [4.69, 9.17) is 4.18 Å². The van der Waals surface area contributed by atoms with Gasteiger partial charge in [0.05, 0.1) is 23.0 Å². The summed E-state index contributed by atoms with van der Waals surface area (Å²) < 4.78 is 51.9. The molecule has 112 valence electrons. The van der Waals surface area contributed by atoms with Crippen LogP contribution in [0.2, 0.25) is 0 Å². The van der Waals surface area contributed by atoms with Gasteiger partial charge in [-0.05, 0) is 37.8 Å². The van der Waals surface area contributed by atoms with Gasteiger partial charge in [0.25, 0.3) is 10.1 Å². The van der Waals surface area contributed by atoms with Crippen molar-refractivity contribution in [2.75, 3.05) is 18.1 Å². The quantitative estimate of drug-likeness (QED) is 0.787. The maximum Gasteiger partial charge on any atom is 0.296 e. The molecule has 1 heterocycles. The Morgan fingerprint density at radius 1 is 1.25 bits per heavy atom. The Labute approximate surface area is 120 Å². The third-order valence-electron chi connectivity index (χ3n) is 3.33. The molecule has 0 amide bonds. The lowest BCUT2D eigenvalue weighted by Crippen LogP contribution is -2.29. The molecule has 1 atom stereocenters. The van der Waals surface area contributed by atoms with Crippen molar-refractivity contribution in [3.05, 3.63) is 29.8 Å². The van der Waals surface area contributed by atoms with E-state index >= 15 is 0 Å². The third kappa shape index (κ3) is 4.04. The number of hydrogen-bond donors (Lipinski definition) is 0. The highest BCUT2D eigenvalue weighted by Crippen LogP contribution is 2.21. The van der Waals surface area contributed by atoms with Gasteiger partial charge in [-0.3, -0.25) is 4.18 Å². The van der Waals surface area contributed by atoms with Gasteiger partial charge in [0.15, 0.2) is 9.84 Å². The van der Waals surface area contributed by atoms with Crippen LogP contribution in [0.5, 0.6) is 0 Å². The van der Waals surface area contributed by atoms with Crippen LogP contribution < -0.4 is 0 Å². The molecule has 0 aromatic heterocycles. The summed E-state index contributed by atoms with van der Waals surface area (Å²) in [6, 6.07) is 6.37. The van der Waals surface area contributed by atoms with Gasteiger partial charge in [0.2, 0.25) is 0 Å². The van der Waals surface area contributed by atoms with Gasteiger partial charge in [-0.2, -0.15) is 8.42 Å². The third-order valence-corrected chi connectivity index (χ3v) is 6.51. The standard InChI is InChI=1S/C13H18O5S2/c1-11-4-6-13(7-5-11)20(16,17)18-9-12-3-2-8-19(14,15)10-12/h4-7,12H,2-3,8-10H2,1H3. The van der Waals surface area contributed by atoms with Crippen LogP contribution in [-0.4, -0.2) is 34.9 Å². The predicted octanol–water partition coefficient (Wildman–Crippen LogP) is 1.53. The van der Waals surface area contributed by atoms with Crippen LogP contribution in [0.25, 0.3) is 0 Å². The number of benzene rings is 1. The van der Waals surface area contributed by atoms with Gasteiger partial charge < -0.3 is 0 Å². The Morgan fingerprint density at radius 2 is 1.90 bits per heavy atom. The highest BCUT2D eigenvalue weighted by Gasteiger charge is 2.27. The Morgan fingerprint density at radius 3 is 2.50 bits per heavy atom. The lowest BCUT2D eigenvalue weighted by atomic mass is 10.1. The second-order valence-electron chi connectivity index (χ2n) is 5.17. The number of aryl methyl sites for hydroxylation is 1. The summed E-state index contributed by atoms with van der Waals surface area (Å²) in [6.45, 7) is 1.79. The molecule has 0 N–H and O–H groups in total. The van der Waals surface area contributed by atoms with Crippen LogP contribution >= 0.6 is 0 Å². The van der Waals surface area contributed by atoms with Crippen LogP contribution in [-0.2, 0) is 24.1 Å². The molecule has 20 heavy (non-hydrogen) atoms. The first-order valence-corrected chi connectivity index (χ1v) is 9.68. The van der Waals surface area contributed by atoms with Gasteiger partial charge in [0, 0.05) is 0 Å². The highest BCUT2D eigenvalue weighted by atomic mass is 32.2. The highest BCUT2D eigenvalue weighted by molar-refractivity contribution is 7.91. The Hall–Kier alpha value is -0.920. The Bertz CT molecular complexity index is 659. The fraction of sp³-hybridized carbons (Fsp3) is 0.538. The lowest BCUT2D eigenvalue weighted by molar-refractivity contribution is 0.254. The number of hydrogen-bond acceptors (Lipinski definition) is 5. The van der Waals surface area contributed by atoms with E-state index in [1.165, 1.54) is 12.1 Å². The molecular weight excluding hydrogens is 300 g/mol. The summed E-state index contributed by atoms with van der Waals surface area (Å²) in [5.74, 6) is -0.0427. The fourth-order valence-electron chi connectivity index (χ4n) is 2.21. The Balaban J connectivity index is 2.01. The molecule has 0 aliphatic carbocycles. The summed E-state index contributed by atoms with van der Waals surface area (Å²) in [5, 5.41) is 0. The van der Waals surface area contributed by atoms with E-state index in [9.17, 15) is 16.8 Å². The summed E-state index contributed by atoms with van der Waals surface area (Å²) in [7, 11) is -6.85. The van der Waals surface area contributed by atoms with Crippen molar-refractivity contribution in [2.24, 2.45) is 5.92 Å². The van der Waals surface area contributed by atoms with Gasteiger partial charge in [-0.1, -0.05) is 17.7 Å². The van der Waals surface area contributed by atoms with Gasteiger partial charge in [0.1, 0.15) is 0 Å². The van der Waals surface area contributed by atoms with Crippen LogP contribution in [0, 0.1) is 12.8 Å². The zero-order valence-corrected chi connectivity index (χ0v) is 12.9. The topological polar surface area (TPSA) is 77.5 Å². The van der Waals surface area contributed by atoms with E-state index in [2.05, 4.69) is 0 Å². The zero-order chi connectivity index (χ0) is 14.8. The molecule has 1 aromatic carbocycles. The van der Waals surface area contributed by atoms with Crippen molar-refractivity contribution in [2.45, 2.75) is 24.7 Å². The molecule has 1 aliphatic rings. The molecular formula is C13H18O5S2. The largest absolute Gasteiger partial charge is 0.296 e. The maximum absolute atomic E-state index is 12.0. The second kappa shape index (κ2) is 5.83. The van der Waals surface area contributed by atoms with E-state index in [0.29, 0.717) is 12.8 Å². The van der Waals surface area contributed by atoms with E-state index in [1.54, 1.807) is 12.1 Å². The van der Waals surface area contributed by atoms with Crippen LogP contribution in [0.1, 0.15) is 18.4 Å². The predicted molar refractivity (Wildman–Crippen MR) is 75.7 cm³/mol. The molecule has 0 spiro atoms. The van der Waals surface area contributed by atoms with E-state index < -0.39 is 20.0 Å². The molecule has 1 unspecified atom stereocenters. The molecule has 1 aliphatic heterocycles. The molecule has 0 bridgehead atoms. The molecule has 5 nitrogen and oxygen atoms in total. The molecule has 7 heteroatoms. The van der Waals surface area contributed by atoms with Crippen LogP contribution in [0.4, 0.5) is 0 Å². The smallest absolute Gasteiger partial charge is 0.266 e. The molecule has 1 saturated heterocycles. The van der Waals surface area contributed by atoms with Crippen molar-refractivity contribution >= 4 is 20.0 Å². The average Bonchev–Trinajstić information content (AvgIpc) is 2.36. The average molecular weight is 318 g/mol. The first kappa shape index (κ1) is 15.5. The molecule has 1 fully saturated rings. The lowest BCUT2D eigenvalue weighted by Gasteiger charge is -2.21. The SMILES string of the molecule is Cc1ccc(S(=O)(=O)OCC2CCCS(=O)(=O)C2)cc1. The first-order valence-electron chi connectivity index (χ1n) is 6.45. The molecule has 1 aromatic rings. The van der Waals surface area contributed by atoms with Gasteiger partial charge in [-0.15, -0.1) is 0 Å². The second-order valence-corrected chi connectivity index (χ2v) is 9.02. The minimum absolute atomic E-state index is 0.0103. The monoisotopic (exact) mass is 318 g/mol. The Kier molecular flexibility index (Phi) is 4.51. The van der Waals surface area contributed by atoms with Crippen LogP contribution in [0.3, 0.4) is 0 Å². The van der Waals surface area contributed by atoms with Crippen molar-refractivity contribution in [3.63, 3.8) is 0 Å². The van der Waals surface area contributed by atoms with Gasteiger partial charge >= 0.3 is 0 Å². The molecule has 0 radical (unpaired) electrons. The van der Waals surface area contributed by atoms with E-state index in [0.717, 1.165) is 5.56 Å². The van der Waals surface area contributed by atoms with Gasteiger partial charge in [-0.25, -0.2) is 8.42 Å². The minimum Gasteiger partial charge on any atom is -0.266 e. The minimum atomic E-state index is -3.81. The van der Waals surface area contributed by atoms with Crippen molar-refractivity contribution in [3.8, 4) is 0 Å². The summed E-state index contributed by atoms with van der Waals surface area (Å²) >= 11 is 0. The van der Waals surface area contributed by atoms with Crippen molar-refractivity contribution in [1.29, 1.82) is 0 Å². The molecule has 2 rings (SSSR count). The number of rotatable bonds is 4. The van der Waals surface area contributed by atoms with E-state index in [-0.39, 0.29) is 28.9 Å². The summed E-state index contributed by atoms with van der Waals surface area (Å²) in [6.07, 6.45) is 1.25. The zero-order valence-electron chi connectivity index (χ0n) is 11.3. The molecule has 0 saturated carbocycles.